The SMILES string of the molecule is COc1ccc(C2CNC(=O)CC2C(=O)O)cc1. The fourth-order valence-electron chi connectivity index (χ4n) is 2.24. The molecule has 0 saturated carbocycles. The van der Waals surface area contributed by atoms with Gasteiger partial charge in [-0.25, -0.2) is 0 Å². The maximum Gasteiger partial charge on any atom is 0.307 e. The number of piperidine rings is 1. The van der Waals surface area contributed by atoms with E-state index >= 15 is 0 Å². The molecule has 1 saturated heterocycles. The van der Waals surface area contributed by atoms with E-state index in [1.807, 2.05) is 12.1 Å². The largest absolute Gasteiger partial charge is 0.497 e. The molecule has 18 heavy (non-hydrogen) atoms. The van der Waals surface area contributed by atoms with Gasteiger partial charge in [-0.05, 0) is 17.7 Å². The first-order chi connectivity index (χ1) is 8.61. The molecule has 1 fully saturated rings. The van der Waals surface area contributed by atoms with Gasteiger partial charge in [-0.2, -0.15) is 0 Å². The van der Waals surface area contributed by atoms with Crippen LogP contribution >= 0.6 is 0 Å². The lowest BCUT2D eigenvalue weighted by Crippen LogP contribution is -2.42. The molecule has 2 atom stereocenters. The Labute approximate surface area is 105 Å². The number of benzene rings is 1. The average Bonchev–Trinajstić information content (AvgIpc) is 2.39. The number of hydrogen-bond acceptors (Lipinski definition) is 3. The molecule has 2 unspecified atom stereocenters. The maximum atomic E-state index is 11.3. The highest BCUT2D eigenvalue weighted by Crippen LogP contribution is 2.30. The third-order valence-corrected chi connectivity index (χ3v) is 3.27. The summed E-state index contributed by atoms with van der Waals surface area (Å²) in [6.45, 7) is 0.363. The van der Waals surface area contributed by atoms with E-state index < -0.39 is 11.9 Å². The van der Waals surface area contributed by atoms with E-state index in [2.05, 4.69) is 5.32 Å². The second kappa shape index (κ2) is 5.08. The molecule has 0 spiro atoms. The molecule has 1 aliphatic rings. The van der Waals surface area contributed by atoms with Gasteiger partial charge in [0.25, 0.3) is 0 Å². The molecular weight excluding hydrogens is 234 g/mol. The van der Waals surface area contributed by atoms with Gasteiger partial charge >= 0.3 is 5.97 Å². The molecule has 5 nitrogen and oxygen atoms in total. The van der Waals surface area contributed by atoms with E-state index in [4.69, 9.17) is 4.74 Å². The molecular formula is C13H15NO4. The third kappa shape index (κ3) is 2.45. The topological polar surface area (TPSA) is 75.6 Å². The van der Waals surface area contributed by atoms with E-state index in [0.717, 1.165) is 11.3 Å². The van der Waals surface area contributed by atoms with Gasteiger partial charge in [0, 0.05) is 18.9 Å². The minimum atomic E-state index is -0.925. The summed E-state index contributed by atoms with van der Waals surface area (Å²) in [5.74, 6) is -1.25. The van der Waals surface area contributed by atoms with Crippen LogP contribution in [0.2, 0.25) is 0 Å². The van der Waals surface area contributed by atoms with E-state index in [1.165, 1.54) is 0 Å². The number of ether oxygens (including phenoxy) is 1. The number of carboxylic acid groups (broad SMARTS) is 1. The summed E-state index contributed by atoms with van der Waals surface area (Å²) < 4.78 is 5.06. The van der Waals surface area contributed by atoms with E-state index in [0.29, 0.717) is 6.54 Å². The number of nitrogens with one attached hydrogen (secondary N) is 1. The number of methoxy groups -OCH3 is 1. The van der Waals surface area contributed by atoms with Crippen molar-refractivity contribution < 1.29 is 19.4 Å². The summed E-state index contributed by atoms with van der Waals surface area (Å²) >= 11 is 0. The Morgan fingerprint density at radius 2 is 2.06 bits per heavy atom. The Balaban J connectivity index is 2.23. The standard InChI is InChI=1S/C13H15NO4/c1-18-9-4-2-8(3-5-9)11-7-14-12(15)6-10(11)13(16)17/h2-5,10-11H,6-7H2,1H3,(H,14,15)(H,16,17). The number of carbonyl (C=O) groups excluding carboxylic acids is 1. The number of aliphatic carboxylic acids is 1. The van der Waals surface area contributed by atoms with Crippen LogP contribution in [0.3, 0.4) is 0 Å². The van der Waals surface area contributed by atoms with Gasteiger partial charge in [-0.1, -0.05) is 12.1 Å². The van der Waals surface area contributed by atoms with Crippen LogP contribution in [0.15, 0.2) is 24.3 Å². The maximum absolute atomic E-state index is 11.3. The van der Waals surface area contributed by atoms with E-state index in [9.17, 15) is 14.7 Å². The number of amides is 1. The first-order valence-electron chi connectivity index (χ1n) is 5.75. The second-order valence-corrected chi connectivity index (χ2v) is 4.33. The minimum absolute atomic E-state index is 0.0338. The normalized spacial score (nSPS) is 23.3. The molecule has 1 aromatic carbocycles. The van der Waals surface area contributed by atoms with Crippen molar-refractivity contribution in [2.24, 2.45) is 5.92 Å². The zero-order valence-corrected chi connectivity index (χ0v) is 10.1. The van der Waals surface area contributed by atoms with Crippen molar-refractivity contribution in [3.05, 3.63) is 29.8 Å². The molecule has 96 valence electrons. The molecule has 1 aromatic rings. The van der Waals surface area contributed by atoms with Crippen LogP contribution in [-0.2, 0) is 9.59 Å². The zero-order valence-electron chi connectivity index (χ0n) is 10.1. The molecule has 2 rings (SSSR count). The minimum Gasteiger partial charge on any atom is -0.497 e. The quantitative estimate of drug-likeness (QED) is 0.838. The smallest absolute Gasteiger partial charge is 0.307 e. The highest BCUT2D eigenvalue weighted by Gasteiger charge is 2.35. The van der Waals surface area contributed by atoms with Gasteiger partial charge in [0.2, 0.25) is 5.91 Å². The molecule has 1 amide bonds. The van der Waals surface area contributed by atoms with Crippen molar-refractivity contribution in [3.8, 4) is 5.75 Å². The lowest BCUT2D eigenvalue weighted by molar-refractivity contribution is -0.146. The summed E-state index contributed by atoms with van der Waals surface area (Å²) in [6.07, 6.45) is 0.0338. The van der Waals surface area contributed by atoms with Gasteiger partial charge in [0.15, 0.2) is 0 Å². The van der Waals surface area contributed by atoms with Gasteiger partial charge < -0.3 is 15.2 Å². The van der Waals surface area contributed by atoms with Gasteiger partial charge in [-0.15, -0.1) is 0 Å². The fraction of sp³-hybridized carbons (Fsp3) is 0.385. The van der Waals surface area contributed by atoms with Gasteiger partial charge in [0.05, 0.1) is 13.0 Å². The second-order valence-electron chi connectivity index (χ2n) is 4.33. The average molecular weight is 249 g/mol. The van der Waals surface area contributed by atoms with E-state index in [-0.39, 0.29) is 18.2 Å². The number of rotatable bonds is 3. The summed E-state index contributed by atoms with van der Waals surface area (Å²) in [5, 5.41) is 11.9. The van der Waals surface area contributed by atoms with Gasteiger partial charge in [0.1, 0.15) is 5.75 Å². The molecule has 0 aromatic heterocycles. The van der Waals surface area contributed by atoms with Crippen LogP contribution in [0.25, 0.3) is 0 Å². The van der Waals surface area contributed by atoms with Crippen molar-refractivity contribution in [1.82, 2.24) is 5.32 Å². The van der Waals surface area contributed by atoms with Crippen LogP contribution in [-0.4, -0.2) is 30.6 Å². The van der Waals surface area contributed by atoms with E-state index in [1.54, 1.807) is 19.2 Å². The molecule has 5 heteroatoms. The lowest BCUT2D eigenvalue weighted by atomic mass is 9.81. The highest BCUT2D eigenvalue weighted by atomic mass is 16.5. The van der Waals surface area contributed by atoms with Gasteiger partial charge in [-0.3, -0.25) is 9.59 Å². The summed E-state index contributed by atoms with van der Waals surface area (Å²) in [7, 11) is 1.58. The van der Waals surface area contributed by atoms with Crippen LogP contribution in [0.1, 0.15) is 17.9 Å². The molecule has 1 aliphatic heterocycles. The highest BCUT2D eigenvalue weighted by molar-refractivity contribution is 5.84. The Bertz CT molecular complexity index is 455. The van der Waals surface area contributed by atoms with Crippen molar-refractivity contribution >= 4 is 11.9 Å². The van der Waals surface area contributed by atoms with Crippen LogP contribution in [0.4, 0.5) is 0 Å². The number of hydrogen-bond donors (Lipinski definition) is 2. The zero-order chi connectivity index (χ0) is 13.1. The monoisotopic (exact) mass is 249 g/mol. The van der Waals surface area contributed by atoms with Crippen LogP contribution in [0, 0.1) is 5.92 Å². The molecule has 2 N–H and O–H groups in total. The van der Waals surface area contributed by atoms with Crippen molar-refractivity contribution in [2.45, 2.75) is 12.3 Å². The predicted molar refractivity (Wildman–Crippen MR) is 64.5 cm³/mol. The molecule has 0 aliphatic carbocycles. The Kier molecular flexibility index (Phi) is 3.50. The summed E-state index contributed by atoms with van der Waals surface area (Å²) in [5.41, 5.74) is 0.906. The first kappa shape index (κ1) is 12.4. The molecule has 0 bridgehead atoms. The first-order valence-corrected chi connectivity index (χ1v) is 5.75. The predicted octanol–water partition coefficient (Wildman–Crippen LogP) is 0.999. The summed E-state index contributed by atoms with van der Waals surface area (Å²) in [4.78, 5) is 22.5. The van der Waals surface area contributed by atoms with Crippen molar-refractivity contribution in [3.63, 3.8) is 0 Å². The Morgan fingerprint density at radius 1 is 1.39 bits per heavy atom. The van der Waals surface area contributed by atoms with Crippen LogP contribution < -0.4 is 10.1 Å². The third-order valence-electron chi connectivity index (χ3n) is 3.27. The van der Waals surface area contributed by atoms with Crippen molar-refractivity contribution in [1.29, 1.82) is 0 Å². The Hall–Kier alpha value is -2.04. The molecule has 0 radical (unpaired) electrons. The summed E-state index contributed by atoms with van der Waals surface area (Å²) in [6, 6.07) is 7.28. The Morgan fingerprint density at radius 3 is 2.61 bits per heavy atom. The fourth-order valence-corrected chi connectivity index (χ4v) is 2.24. The molecule has 1 heterocycles. The lowest BCUT2D eigenvalue weighted by Gasteiger charge is -2.29. The number of carbonyl (C=O) groups is 2. The van der Waals surface area contributed by atoms with Crippen molar-refractivity contribution in [2.75, 3.05) is 13.7 Å². The number of carboxylic acids is 1. The van der Waals surface area contributed by atoms with Crippen LogP contribution in [0.5, 0.6) is 5.75 Å².